The third-order valence-corrected chi connectivity index (χ3v) is 2.42. The van der Waals surface area contributed by atoms with E-state index in [1.165, 1.54) is 0 Å². The van der Waals surface area contributed by atoms with E-state index in [4.69, 9.17) is 9.47 Å². The molecule has 1 unspecified atom stereocenters. The van der Waals surface area contributed by atoms with Crippen molar-refractivity contribution in [3.05, 3.63) is 0 Å². The third-order valence-electron chi connectivity index (χ3n) is 2.42. The van der Waals surface area contributed by atoms with E-state index in [9.17, 15) is 9.59 Å². The van der Waals surface area contributed by atoms with Gasteiger partial charge >= 0.3 is 5.97 Å². The minimum absolute atomic E-state index is 0.173. The molecule has 1 rings (SSSR count). The Morgan fingerprint density at radius 1 is 1.50 bits per heavy atom. The van der Waals surface area contributed by atoms with Crippen molar-refractivity contribution in [1.29, 1.82) is 0 Å². The van der Waals surface area contributed by atoms with Crippen LogP contribution < -0.4 is 0 Å². The molecule has 1 heterocycles. The van der Waals surface area contributed by atoms with Gasteiger partial charge in [0, 0.05) is 6.61 Å². The molecule has 0 bridgehead atoms. The van der Waals surface area contributed by atoms with Crippen LogP contribution >= 0.6 is 0 Å². The Hall–Kier alpha value is -0.900. The predicted octanol–water partition coefficient (Wildman–Crippen LogP) is 1.08. The number of carbonyl (C=O) groups excluding carboxylic acids is 2. The molecular weight excluding hydrogens is 184 g/mol. The van der Waals surface area contributed by atoms with E-state index in [0.717, 1.165) is 6.42 Å². The summed E-state index contributed by atoms with van der Waals surface area (Å²) in [5.41, 5.74) is -0.757. The zero-order chi connectivity index (χ0) is 10.6. The second-order valence-corrected chi connectivity index (χ2v) is 3.59. The van der Waals surface area contributed by atoms with E-state index in [2.05, 4.69) is 0 Å². The summed E-state index contributed by atoms with van der Waals surface area (Å²) in [6, 6.07) is 0. The molecule has 0 spiro atoms. The van der Waals surface area contributed by atoms with Gasteiger partial charge in [0.1, 0.15) is 12.0 Å². The van der Waals surface area contributed by atoms with Crippen LogP contribution in [0.5, 0.6) is 0 Å². The summed E-state index contributed by atoms with van der Waals surface area (Å²) >= 11 is 0. The fourth-order valence-corrected chi connectivity index (χ4v) is 1.53. The lowest BCUT2D eigenvalue weighted by atomic mass is 9.95. The molecule has 4 nitrogen and oxygen atoms in total. The largest absolute Gasteiger partial charge is 0.466 e. The van der Waals surface area contributed by atoms with E-state index in [-0.39, 0.29) is 12.2 Å². The van der Waals surface area contributed by atoms with E-state index < -0.39 is 11.6 Å². The summed E-state index contributed by atoms with van der Waals surface area (Å²) in [6.07, 6.45) is 1.40. The van der Waals surface area contributed by atoms with Gasteiger partial charge in [0.25, 0.3) is 0 Å². The molecule has 0 aliphatic carbocycles. The van der Waals surface area contributed by atoms with Crippen LogP contribution in [0.4, 0.5) is 0 Å². The highest BCUT2D eigenvalue weighted by Gasteiger charge is 2.38. The first kappa shape index (κ1) is 11.2. The highest BCUT2D eigenvalue weighted by Crippen LogP contribution is 2.27. The summed E-state index contributed by atoms with van der Waals surface area (Å²) in [5.74, 6) is -0.636. The molecule has 0 aromatic carbocycles. The Morgan fingerprint density at radius 2 is 2.21 bits per heavy atom. The molecule has 1 fully saturated rings. The van der Waals surface area contributed by atoms with Gasteiger partial charge in [0.2, 0.25) is 0 Å². The third kappa shape index (κ3) is 2.54. The summed E-state index contributed by atoms with van der Waals surface area (Å²) in [5, 5.41) is 0. The van der Waals surface area contributed by atoms with Gasteiger partial charge < -0.3 is 9.47 Å². The van der Waals surface area contributed by atoms with Crippen LogP contribution in [0.1, 0.15) is 33.1 Å². The number of carbonyl (C=O) groups is 2. The Bertz CT molecular complexity index is 228. The molecule has 1 saturated heterocycles. The van der Waals surface area contributed by atoms with E-state index >= 15 is 0 Å². The monoisotopic (exact) mass is 200 g/mol. The van der Waals surface area contributed by atoms with Crippen molar-refractivity contribution < 1.29 is 19.1 Å². The number of hydrogen-bond acceptors (Lipinski definition) is 4. The predicted molar refractivity (Wildman–Crippen MR) is 49.8 cm³/mol. The molecular formula is C10H16O4. The fourth-order valence-electron chi connectivity index (χ4n) is 1.53. The average molecular weight is 200 g/mol. The maximum atomic E-state index is 11.6. The topological polar surface area (TPSA) is 52.6 Å². The van der Waals surface area contributed by atoms with Crippen LogP contribution in [0.2, 0.25) is 0 Å². The standard InChI is InChI=1S/C10H16O4/c1-3-13-9(12)7-8(11)10(2)5-4-6-14-10/h3-7H2,1-2H3. The lowest BCUT2D eigenvalue weighted by Gasteiger charge is -2.20. The molecule has 1 atom stereocenters. The quantitative estimate of drug-likeness (QED) is 0.503. The van der Waals surface area contributed by atoms with Crippen molar-refractivity contribution in [2.45, 2.75) is 38.7 Å². The average Bonchev–Trinajstić information content (AvgIpc) is 2.54. The van der Waals surface area contributed by atoms with E-state index in [1.807, 2.05) is 0 Å². The van der Waals surface area contributed by atoms with Crippen LogP contribution in [0.15, 0.2) is 0 Å². The van der Waals surface area contributed by atoms with Gasteiger partial charge in [-0.2, -0.15) is 0 Å². The number of Topliss-reactive ketones (excluding diaryl/α,β-unsaturated/α-hetero) is 1. The van der Waals surface area contributed by atoms with Gasteiger partial charge in [0.15, 0.2) is 5.78 Å². The molecule has 0 aromatic rings. The Balaban J connectivity index is 2.45. The van der Waals surface area contributed by atoms with Gasteiger partial charge in [-0.3, -0.25) is 9.59 Å². The van der Waals surface area contributed by atoms with E-state index in [0.29, 0.717) is 19.6 Å². The van der Waals surface area contributed by atoms with Gasteiger partial charge in [-0.05, 0) is 26.7 Å². The first-order chi connectivity index (χ1) is 6.58. The summed E-state index contributed by atoms with van der Waals surface area (Å²) in [4.78, 5) is 22.7. The second kappa shape index (κ2) is 4.55. The summed E-state index contributed by atoms with van der Waals surface area (Å²) in [7, 11) is 0. The van der Waals surface area contributed by atoms with Crippen LogP contribution in [0, 0.1) is 0 Å². The number of ketones is 1. The fraction of sp³-hybridized carbons (Fsp3) is 0.800. The normalized spacial score (nSPS) is 26.1. The minimum Gasteiger partial charge on any atom is -0.466 e. The van der Waals surface area contributed by atoms with Gasteiger partial charge in [-0.1, -0.05) is 0 Å². The van der Waals surface area contributed by atoms with Crippen LogP contribution in [0.3, 0.4) is 0 Å². The molecule has 4 heteroatoms. The number of ether oxygens (including phenoxy) is 2. The smallest absolute Gasteiger partial charge is 0.313 e. The highest BCUT2D eigenvalue weighted by atomic mass is 16.5. The SMILES string of the molecule is CCOC(=O)CC(=O)C1(C)CCCO1. The van der Waals surface area contributed by atoms with Crippen LogP contribution in [-0.2, 0) is 19.1 Å². The van der Waals surface area contributed by atoms with Crippen molar-refractivity contribution in [3.8, 4) is 0 Å². The van der Waals surface area contributed by atoms with Crippen molar-refractivity contribution in [3.63, 3.8) is 0 Å². The van der Waals surface area contributed by atoms with Crippen LogP contribution in [0.25, 0.3) is 0 Å². The molecule has 0 N–H and O–H groups in total. The molecule has 0 amide bonds. The first-order valence-corrected chi connectivity index (χ1v) is 4.91. The zero-order valence-electron chi connectivity index (χ0n) is 8.67. The molecule has 0 aromatic heterocycles. The van der Waals surface area contributed by atoms with Crippen molar-refractivity contribution in [1.82, 2.24) is 0 Å². The molecule has 0 saturated carbocycles. The number of hydrogen-bond donors (Lipinski definition) is 0. The Kier molecular flexibility index (Phi) is 3.63. The van der Waals surface area contributed by atoms with Crippen molar-refractivity contribution in [2.24, 2.45) is 0 Å². The Labute approximate surface area is 83.6 Å². The number of esters is 1. The van der Waals surface area contributed by atoms with Gasteiger partial charge in [0.05, 0.1) is 6.61 Å². The lowest BCUT2D eigenvalue weighted by Crippen LogP contribution is -2.36. The highest BCUT2D eigenvalue weighted by molar-refractivity contribution is 6.00. The molecule has 0 radical (unpaired) electrons. The molecule has 1 aliphatic heterocycles. The lowest BCUT2D eigenvalue weighted by molar-refractivity contribution is -0.150. The maximum Gasteiger partial charge on any atom is 0.313 e. The molecule has 80 valence electrons. The number of rotatable bonds is 4. The zero-order valence-corrected chi connectivity index (χ0v) is 8.67. The summed E-state index contributed by atoms with van der Waals surface area (Å²) in [6.45, 7) is 4.37. The van der Waals surface area contributed by atoms with Crippen LogP contribution in [-0.4, -0.2) is 30.6 Å². The van der Waals surface area contributed by atoms with Gasteiger partial charge in [-0.25, -0.2) is 0 Å². The molecule has 1 aliphatic rings. The van der Waals surface area contributed by atoms with E-state index in [1.54, 1.807) is 13.8 Å². The van der Waals surface area contributed by atoms with Crippen molar-refractivity contribution >= 4 is 11.8 Å². The Morgan fingerprint density at radius 3 is 2.71 bits per heavy atom. The minimum atomic E-state index is -0.757. The van der Waals surface area contributed by atoms with Crippen molar-refractivity contribution in [2.75, 3.05) is 13.2 Å². The second-order valence-electron chi connectivity index (χ2n) is 3.59. The first-order valence-electron chi connectivity index (χ1n) is 4.91. The molecule has 14 heavy (non-hydrogen) atoms. The summed E-state index contributed by atoms with van der Waals surface area (Å²) < 4.78 is 10.0. The van der Waals surface area contributed by atoms with Gasteiger partial charge in [-0.15, -0.1) is 0 Å². The maximum absolute atomic E-state index is 11.6.